The summed E-state index contributed by atoms with van der Waals surface area (Å²) >= 11 is 0.565. The number of piperidine rings is 1. The molecule has 0 aromatic heterocycles. The molecule has 1 unspecified atom stereocenters. The fourth-order valence-corrected chi connectivity index (χ4v) is 3.46. The molecule has 1 saturated heterocycles. The quantitative estimate of drug-likeness (QED) is 0.703. The minimum atomic E-state index is -2.39. The molecule has 1 atom stereocenters. The lowest BCUT2D eigenvalue weighted by Crippen LogP contribution is -2.46. The highest BCUT2D eigenvalue weighted by molar-refractivity contribution is 7.99. The van der Waals surface area contributed by atoms with Gasteiger partial charge >= 0.3 is 0 Å². The van der Waals surface area contributed by atoms with Crippen LogP contribution in [0.4, 0.5) is 8.78 Å². The Balaban J connectivity index is 1.89. The number of benzene rings is 1. The maximum atomic E-state index is 12.4. The van der Waals surface area contributed by atoms with Crippen LogP contribution in [0.25, 0.3) is 0 Å². The maximum Gasteiger partial charge on any atom is 0.288 e. The van der Waals surface area contributed by atoms with Crippen molar-refractivity contribution in [3.8, 4) is 0 Å². The van der Waals surface area contributed by atoms with E-state index in [0.717, 1.165) is 37.9 Å². The molecular weight excluding hydrogens is 332 g/mol. The average Bonchev–Trinajstić information content (AvgIpc) is 2.56. The number of hydrogen-bond donors (Lipinski definition) is 2. The minimum absolute atomic E-state index is 0.00333. The average molecular weight is 357 g/mol. The second-order valence-corrected chi connectivity index (χ2v) is 7.05. The Morgan fingerprint density at radius 1 is 1.33 bits per heavy atom. The Hall–Kier alpha value is -1.18. The first-order valence-corrected chi connectivity index (χ1v) is 9.21. The van der Waals surface area contributed by atoms with Crippen molar-refractivity contribution in [2.75, 3.05) is 19.6 Å². The van der Waals surface area contributed by atoms with Gasteiger partial charge < -0.3 is 11.1 Å². The van der Waals surface area contributed by atoms with Crippen LogP contribution < -0.4 is 11.1 Å². The van der Waals surface area contributed by atoms with E-state index in [1.165, 1.54) is 0 Å². The van der Waals surface area contributed by atoms with Gasteiger partial charge in [-0.25, -0.2) is 0 Å². The van der Waals surface area contributed by atoms with Gasteiger partial charge in [-0.3, -0.25) is 9.69 Å². The molecular formula is C17H25F2N3OS. The lowest BCUT2D eigenvalue weighted by atomic mass is 10.0. The van der Waals surface area contributed by atoms with Gasteiger partial charge in [0.2, 0.25) is 5.91 Å². The predicted molar refractivity (Wildman–Crippen MR) is 93.0 cm³/mol. The fourth-order valence-electron chi connectivity index (χ4n) is 2.96. The lowest BCUT2D eigenvalue weighted by molar-refractivity contribution is -0.121. The van der Waals surface area contributed by atoms with Crippen LogP contribution >= 0.6 is 11.8 Å². The van der Waals surface area contributed by atoms with Crippen molar-refractivity contribution in [1.82, 2.24) is 10.2 Å². The number of thioether (sulfide) groups is 1. The van der Waals surface area contributed by atoms with Crippen molar-refractivity contribution >= 4 is 17.7 Å². The normalized spacial score (nSPS) is 18.8. The maximum absolute atomic E-state index is 12.4. The van der Waals surface area contributed by atoms with Crippen LogP contribution in [0.15, 0.2) is 29.2 Å². The van der Waals surface area contributed by atoms with Gasteiger partial charge in [-0.1, -0.05) is 30.3 Å². The lowest BCUT2D eigenvalue weighted by Gasteiger charge is -2.36. The summed E-state index contributed by atoms with van der Waals surface area (Å²) in [5.74, 6) is -2.39. The van der Waals surface area contributed by atoms with E-state index >= 15 is 0 Å². The van der Waals surface area contributed by atoms with E-state index in [4.69, 9.17) is 5.73 Å². The summed E-state index contributed by atoms with van der Waals surface area (Å²) in [5, 5.41) is 2.95. The van der Waals surface area contributed by atoms with Crippen molar-refractivity contribution in [2.45, 2.75) is 48.9 Å². The van der Waals surface area contributed by atoms with Crippen LogP contribution in [0.5, 0.6) is 0 Å². The van der Waals surface area contributed by atoms with E-state index in [9.17, 15) is 13.6 Å². The first-order chi connectivity index (χ1) is 11.6. The Labute approximate surface area is 146 Å². The van der Waals surface area contributed by atoms with Gasteiger partial charge in [-0.05, 0) is 37.1 Å². The molecule has 1 aromatic rings. The van der Waals surface area contributed by atoms with Gasteiger partial charge in [0.1, 0.15) is 0 Å². The first-order valence-electron chi connectivity index (χ1n) is 8.33. The topological polar surface area (TPSA) is 58.4 Å². The zero-order chi connectivity index (χ0) is 17.4. The molecule has 134 valence electrons. The van der Waals surface area contributed by atoms with E-state index in [1.807, 2.05) is 12.1 Å². The third-order valence-corrected chi connectivity index (χ3v) is 4.91. The van der Waals surface area contributed by atoms with Gasteiger partial charge in [-0.15, -0.1) is 0 Å². The van der Waals surface area contributed by atoms with Crippen LogP contribution in [0, 0.1) is 0 Å². The Kier molecular flexibility index (Phi) is 7.94. The number of nitrogens with zero attached hydrogens (tertiary/aromatic N) is 1. The highest BCUT2D eigenvalue weighted by Gasteiger charge is 2.22. The summed E-state index contributed by atoms with van der Waals surface area (Å²) < 4.78 is 24.7. The van der Waals surface area contributed by atoms with Gasteiger partial charge in [0, 0.05) is 37.0 Å². The predicted octanol–water partition coefficient (Wildman–Crippen LogP) is 2.82. The summed E-state index contributed by atoms with van der Waals surface area (Å²) in [7, 11) is 0. The molecule has 1 aromatic carbocycles. The highest BCUT2D eigenvalue weighted by atomic mass is 32.2. The van der Waals surface area contributed by atoms with Crippen LogP contribution in [-0.4, -0.2) is 42.2 Å². The van der Waals surface area contributed by atoms with Gasteiger partial charge in [0.05, 0.1) is 0 Å². The monoisotopic (exact) mass is 357 g/mol. The number of carbonyl (C=O) groups is 1. The summed E-state index contributed by atoms with van der Waals surface area (Å²) in [6.45, 7) is 2.77. The van der Waals surface area contributed by atoms with Crippen LogP contribution in [0.1, 0.15) is 31.2 Å². The Morgan fingerprint density at radius 3 is 2.75 bits per heavy atom. The van der Waals surface area contributed by atoms with Gasteiger partial charge in [-0.2, -0.15) is 8.78 Å². The minimum Gasteiger partial charge on any atom is -0.354 e. The molecule has 24 heavy (non-hydrogen) atoms. The third kappa shape index (κ3) is 6.37. The van der Waals surface area contributed by atoms with Crippen molar-refractivity contribution < 1.29 is 13.6 Å². The van der Waals surface area contributed by atoms with E-state index in [1.54, 1.807) is 12.1 Å². The zero-order valence-electron chi connectivity index (χ0n) is 13.7. The highest BCUT2D eigenvalue weighted by Crippen LogP contribution is 2.26. The van der Waals surface area contributed by atoms with Gasteiger partial charge in [0.25, 0.3) is 5.76 Å². The van der Waals surface area contributed by atoms with Gasteiger partial charge in [0.15, 0.2) is 0 Å². The molecule has 0 radical (unpaired) electrons. The van der Waals surface area contributed by atoms with E-state index in [-0.39, 0.29) is 5.91 Å². The summed E-state index contributed by atoms with van der Waals surface area (Å²) in [6, 6.07) is 7.62. The Bertz CT molecular complexity index is 513. The number of hydrogen-bond acceptors (Lipinski definition) is 4. The summed E-state index contributed by atoms with van der Waals surface area (Å²) in [6.07, 6.45) is 3.72. The fraction of sp³-hybridized carbons (Fsp3) is 0.588. The molecule has 1 amide bonds. The van der Waals surface area contributed by atoms with E-state index in [0.29, 0.717) is 42.2 Å². The number of carbonyl (C=O) groups excluding carboxylic acids is 1. The molecule has 2 rings (SSSR count). The van der Waals surface area contributed by atoms with Crippen molar-refractivity contribution in [3.05, 3.63) is 29.8 Å². The molecule has 1 heterocycles. The first kappa shape index (κ1) is 19.1. The number of nitrogens with one attached hydrogen (secondary N) is 1. The molecule has 4 nitrogen and oxygen atoms in total. The number of halogens is 2. The number of likely N-dealkylation sites (tertiary alicyclic amines) is 1. The van der Waals surface area contributed by atoms with Crippen molar-refractivity contribution in [2.24, 2.45) is 5.73 Å². The SMILES string of the molecule is NCCC(=O)NCC1CCCCN1Cc1ccc(SC(F)F)cc1. The smallest absolute Gasteiger partial charge is 0.288 e. The zero-order valence-corrected chi connectivity index (χ0v) is 14.5. The molecule has 1 aliphatic heterocycles. The number of nitrogens with two attached hydrogens (primary N) is 1. The Morgan fingerprint density at radius 2 is 2.08 bits per heavy atom. The summed E-state index contributed by atoms with van der Waals surface area (Å²) in [4.78, 5) is 14.5. The molecule has 0 bridgehead atoms. The molecule has 0 spiro atoms. The van der Waals surface area contributed by atoms with E-state index in [2.05, 4.69) is 10.2 Å². The molecule has 1 aliphatic rings. The van der Waals surface area contributed by atoms with Crippen molar-refractivity contribution in [1.29, 1.82) is 0 Å². The molecule has 3 N–H and O–H groups in total. The number of amides is 1. The van der Waals surface area contributed by atoms with E-state index < -0.39 is 5.76 Å². The van der Waals surface area contributed by atoms with Crippen LogP contribution in [-0.2, 0) is 11.3 Å². The second kappa shape index (κ2) is 9.96. The largest absolute Gasteiger partial charge is 0.354 e. The molecule has 1 fully saturated rings. The number of alkyl halides is 2. The number of rotatable bonds is 8. The standard InChI is InChI=1S/C17H25F2N3OS/c18-17(19)24-15-6-4-13(5-7-15)12-22-10-2-1-3-14(22)11-21-16(23)8-9-20/h4-7,14,17H,1-3,8-12,20H2,(H,21,23). The summed E-state index contributed by atoms with van der Waals surface area (Å²) in [5.41, 5.74) is 6.50. The molecule has 0 aliphatic carbocycles. The molecule has 7 heteroatoms. The van der Waals surface area contributed by atoms with Crippen molar-refractivity contribution in [3.63, 3.8) is 0 Å². The van der Waals surface area contributed by atoms with Crippen LogP contribution in [0.3, 0.4) is 0 Å². The third-order valence-electron chi connectivity index (χ3n) is 4.19. The second-order valence-electron chi connectivity index (χ2n) is 5.99. The van der Waals surface area contributed by atoms with Crippen LogP contribution in [0.2, 0.25) is 0 Å². The molecule has 0 saturated carbocycles.